The molecule has 2 N–H and O–H groups in total. The van der Waals surface area contributed by atoms with Gasteiger partial charge in [-0.2, -0.15) is 9.61 Å². The SMILES string of the molecule is Bc1cnn2c(NCC3CCN(Cc4ccc(Cl)cc4Cl)CC3)cc(-c3ccccc3O)nc12. The Bertz CT molecular complexity index is 1320. The zero-order valence-electron chi connectivity index (χ0n) is 19.0. The van der Waals surface area contributed by atoms with Crippen molar-refractivity contribution < 1.29 is 5.11 Å². The number of nitrogens with one attached hydrogen (secondary N) is 1. The smallest absolute Gasteiger partial charge is 0.151 e. The molecule has 6 nitrogen and oxygen atoms in total. The number of aromatic nitrogens is 3. The van der Waals surface area contributed by atoms with Crippen LogP contribution in [0.25, 0.3) is 16.9 Å². The molecule has 0 amide bonds. The topological polar surface area (TPSA) is 65.7 Å². The second kappa shape index (κ2) is 9.86. The highest BCUT2D eigenvalue weighted by Crippen LogP contribution is 2.30. The van der Waals surface area contributed by atoms with Crippen molar-refractivity contribution in [3.63, 3.8) is 0 Å². The minimum absolute atomic E-state index is 0.218. The summed E-state index contributed by atoms with van der Waals surface area (Å²) in [4.78, 5) is 7.21. The van der Waals surface area contributed by atoms with Gasteiger partial charge >= 0.3 is 0 Å². The van der Waals surface area contributed by atoms with Crippen LogP contribution in [-0.4, -0.2) is 52.1 Å². The van der Waals surface area contributed by atoms with Crippen LogP contribution in [0.4, 0.5) is 5.82 Å². The minimum atomic E-state index is 0.218. The van der Waals surface area contributed by atoms with Gasteiger partial charge in [0.1, 0.15) is 19.4 Å². The fourth-order valence-electron chi connectivity index (χ4n) is 4.52. The van der Waals surface area contributed by atoms with E-state index >= 15 is 0 Å². The number of nitrogens with zero attached hydrogens (tertiary/aromatic N) is 4. The molecule has 5 rings (SSSR count). The molecule has 4 aromatic rings. The van der Waals surface area contributed by atoms with Gasteiger partial charge in [0.15, 0.2) is 5.65 Å². The summed E-state index contributed by atoms with van der Waals surface area (Å²) in [5, 5.41) is 19.9. The number of aromatic hydroxyl groups is 1. The highest BCUT2D eigenvalue weighted by atomic mass is 35.5. The van der Waals surface area contributed by atoms with Crippen LogP contribution in [0.3, 0.4) is 0 Å². The second-order valence-electron chi connectivity index (χ2n) is 8.94. The monoisotopic (exact) mass is 493 g/mol. The number of piperidine rings is 1. The van der Waals surface area contributed by atoms with Gasteiger partial charge in [-0.05, 0) is 67.1 Å². The molecule has 1 aliphatic rings. The number of hydrogen-bond donors (Lipinski definition) is 2. The van der Waals surface area contributed by atoms with Crippen LogP contribution in [0.15, 0.2) is 54.7 Å². The van der Waals surface area contributed by atoms with Gasteiger partial charge in [0, 0.05) is 41.0 Å². The first-order valence-corrected chi connectivity index (χ1v) is 12.3. The summed E-state index contributed by atoms with van der Waals surface area (Å²) in [6.07, 6.45) is 4.04. The first-order valence-electron chi connectivity index (χ1n) is 11.5. The second-order valence-corrected chi connectivity index (χ2v) is 9.79. The quantitative estimate of drug-likeness (QED) is 0.397. The molecular weight excluding hydrogens is 468 g/mol. The average Bonchev–Trinajstić information content (AvgIpc) is 3.21. The van der Waals surface area contributed by atoms with E-state index < -0.39 is 0 Å². The normalized spacial score (nSPS) is 15.1. The number of hydrogen-bond acceptors (Lipinski definition) is 5. The Morgan fingerprint density at radius 1 is 1.09 bits per heavy atom. The lowest BCUT2D eigenvalue weighted by Crippen LogP contribution is -2.35. The number of phenols is 1. The van der Waals surface area contributed by atoms with Crippen molar-refractivity contribution in [3.8, 4) is 17.0 Å². The molecule has 0 bridgehead atoms. The van der Waals surface area contributed by atoms with Crippen LogP contribution in [0.2, 0.25) is 10.0 Å². The van der Waals surface area contributed by atoms with Crippen LogP contribution < -0.4 is 10.8 Å². The summed E-state index contributed by atoms with van der Waals surface area (Å²) in [5.74, 6) is 1.66. The lowest BCUT2D eigenvalue weighted by molar-refractivity contribution is 0.182. The zero-order chi connectivity index (χ0) is 23.7. The third kappa shape index (κ3) is 4.87. The molecule has 1 saturated heterocycles. The number of benzene rings is 2. The van der Waals surface area contributed by atoms with Crippen LogP contribution in [0.5, 0.6) is 5.75 Å². The summed E-state index contributed by atoms with van der Waals surface area (Å²) >= 11 is 12.4. The number of fused-ring (bicyclic) bond motifs is 1. The van der Waals surface area contributed by atoms with Crippen molar-refractivity contribution >= 4 is 48.0 Å². The van der Waals surface area contributed by atoms with Gasteiger partial charge in [-0.25, -0.2) is 4.98 Å². The van der Waals surface area contributed by atoms with E-state index in [-0.39, 0.29) is 5.75 Å². The van der Waals surface area contributed by atoms with Crippen molar-refractivity contribution in [2.75, 3.05) is 25.0 Å². The number of rotatable bonds is 6. The number of halogens is 2. The number of phenolic OH excluding ortho intramolecular Hbond substituents is 1. The number of anilines is 1. The lowest BCUT2D eigenvalue weighted by Gasteiger charge is -2.32. The Hall–Kier alpha value is -2.74. The predicted molar refractivity (Wildman–Crippen MR) is 141 cm³/mol. The molecule has 0 aliphatic carbocycles. The largest absolute Gasteiger partial charge is 0.507 e. The summed E-state index contributed by atoms with van der Waals surface area (Å²) in [6.45, 7) is 3.76. The highest BCUT2D eigenvalue weighted by molar-refractivity contribution is 6.36. The van der Waals surface area contributed by atoms with E-state index in [0.717, 1.165) is 72.2 Å². The fourth-order valence-corrected chi connectivity index (χ4v) is 4.98. The average molecular weight is 494 g/mol. The Balaban J connectivity index is 1.26. The van der Waals surface area contributed by atoms with Crippen LogP contribution >= 0.6 is 23.2 Å². The van der Waals surface area contributed by atoms with Crippen molar-refractivity contribution in [3.05, 3.63) is 70.3 Å². The van der Waals surface area contributed by atoms with Gasteiger partial charge in [0.2, 0.25) is 0 Å². The van der Waals surface area contributed by atoms with E-state index in [9.17, 15) is 5.11 Å². The fraction of sp³-hybridized carbons (Fsp3) is 0.280. The van der Waals surface area contributed by atoms with E-state index in [0.29, 0.717) is 16.5 Å². The van der Waals surface area contributed by atoms with Crippen molar-refractivity contribution in [2.45, 2.75) is 19.4 Å². The Labute approximate surface area is 209 Å². The highest BCUT2D eigenvalue weighted by Gasteiger charge is 2.21. The Morgan fingerprint density at radius 3 is 2.65 bits per heavy atom. The maximum Gasteiger partial charge on any atom is 0.151 e. The first-order chi connectivity index (χ1) is 16.5. The van der Waals surface area contributed by atoms with Gasteiger partial charge in [-0.3, -0.25) is 4.90 Å². The molecular formula is C25H26BCl2N5O. The Kier molecular flexibility index (Phi) is 6.68. The van der Waals surface area contributed by atoms with E-state index in [2.05, 4.69) is 15.3 Å². The predicted octanol–water partition coefficient (Wildman–Crippen LogP) is 3.99. The minimum Gasteiger partial charge on any atom is -0.507 e. The van der Waals surface area contributed by atoms with Gasteiger partial charge < -0.3 is 10.4 Å². The molecule has 0 spiro atoms. The van der Waals surface area contributed by atoms with Crippen molar-refractivity contribution in [1.82, 2.24) is 19.5 Å². The van der Waals surface area contributed by atoms with Crippen LogP contribution in [0.1, 0.15) is 18.4 Å². The zero-order valence-corrected chi connectivity index (χ0v) is 20.5. The van der Waals surface area contributed by atoms with Crippen molar-refractivity contribution in [2.24, 2.45) is 5.92 Å². The number of likely N-dealkylation sites (tertiary alicyclic amines) is 1. The maximum absolute atomic E-state index is 10.3. The van der Waals surface area contributed by atoms with E-state index in [1.807, 2.05) is 61.0 Å². The molecule has 2 aromatic carbocycles. The summed E-state index contributed by atoms with van der Waals surface area (Å²) in [5.41, 5.74) is 4.34. The molecule has 1 aliphatic heterocycles. The molecule has 0 unspecified atom stereocenters. The third-order valence-corrected chi connectivity index (χ3v) is 7.10. The third-order valence-electron chi connectivity index (χ3n) is 6.52. The maximum atomic E-state index is 10.3. The number of para-hydroxylation sites is 1. The van der Waals surface area contributed by atoms with E-state index in [1.165, 1.54) is 0 Å². The van der Waals surface area contributed by atoms with Crippen LogP contribution in [-0.2, 0) is 6.54 Å². The molecule has 2 aromatic heterocycles. The molecule has 0 saturated carbocycles. The van der Waals surface area contributed by atoms with E-state index in [1.54, 1.807) is 6.07 Å². The van der Waals surface area contributed by atoms with Gasteiger partial charge in [0.05, 0.1) is 5.69 Å². The molecule has 1 fully saturated rings. The molecule has 3 heterocycles. The van der Waals surface area contributed by atoms with E-state index in [4.69, 9.17) is 28.2 Å². The van der Waals surface area contributed by atoms with Crippen molar-refractivity contribution in [1.29, 1.82) is 0 Å². The van der Waals surface area contributed by atoms with Crippen LogP contribution in [0, 0.1) is 5.92 Å². The molecule has 0 radical (unpaired) electrons. The summed E-state index contributed by atoms with van der Waals surface area (Å²) < 4.78 is 1.84. The summed E-state index contributed by atoms with van der Waals surface area (Å²) in [6, 6.07) is 15.0. The Morgan fingerprint density at radius 2 is 1.88 bits per heavy atom. The summed E-state index contributed by atoms with van der Waals surface area (Å²) in [7, 11) is 2.00. The van der Waals surface area contributed by atoms with Gasteiger partial charge in [-0.1, -0.05) is 41.4 Å². The first kappa shape index (κ1) is 23.0. The molecule has 0 atom stereocenters. The molecule has 34 heavy (non-hydrogen) atoms. The molecule has 174 valence electrons. The lowest BCUT2D eigenvalue weighted by atomic mass is 9.96. The van der Waals surface area contributed by atoms with Gasteiger partial charge in [0.25, 0.3) is 0 Å². The van der Waals surface area contributed by atoms with Gasteiger partial charge in [-0.15, -0.1) is 0 Å². The standard InChI is InChI=1S/C25H26BCl2N5O/c26-20-14-30-33-24(12-22(31-25(20)33)19-3-1-2-4-23(19)34)29-13-16-7-9-32(10-8-16)15-17-5-6-18(27)11-21(17)28/h1-6,11-12,14,16,29,34H,7-10,13,15,26H2. The molecule has 9 heteroatoms.